The standard InChI is InChI=1S/C23H26FN5O5S/c1-14-13-17-18(21(30)25-2)19(15-5-7-16(24)8-6-15)34-22(17)27-20(14)29(35(3,32)33)11-4-10-28-12-9-26-23(28)31/h5-8,13H,4,9-12H2,1-3H3,(H,25,30)(H,26,31). The van der Waals surface area contributed by atoms with Crippen molar-refractivity contribution < 1.29 is 26.8 Å². The number of sulfonamides is 1. The molecule has 0 saturated carbocycles. The van der Waals surface area contributed by atoms with Gasteiger partial charge in [-0.25, -0.2) is 17.6 Å². The van der Waals surface area contributed by atoms with Crippen LogP contribution in [0.15, 0.2) is 34.7 Å². The summed E-state index contributed by atoms with van der Waals surface area (Å²) in [5, 5.41) is 5.70. The molecule has 2 N–H and O–H groups in total. The lowest BCUT2D eigenvalue weighted by molar-refractivity contribution is 0.0964. The van der Waals surface area contributed by atoms with Crippen LogP contribution in [0.5, 0.6) is 0 Å². The van der Waals surface area contributed by atoms with E-state index in [1.165, 1.54) is 35.6 Å². The van der Waals surface area contributed by atoms with E-state index in [-0.39, 0.29) is 35.4 Å². The minimum absolute atomic E-state index is 0.0797. The number of aromatic nitrogens is 1. The highest BCUT2D eigenvalue weighted by atomic mass is 32.2. The zero-order valence-electron chi connectivity index (χ0n) is 19.6. The molecule has 0 aliphatic carbocycles. The SMILES string of the molecule is CNC(=O)c1c(-c2ccc(F)cc2)oc2nc(N(CCCN3CCNC3=O)S(C)(=O)=O)c(C)cc12. The van der Waals surface area contributed by atoms with Gasteiger partial charge in [0.05, 0.1) is 17.2 Å². The van der Waals surface area contributed by atoms with E-state index in [0.717, 1.165) is 6.26 Å². The van der Waals surface area contributed by atoms with Crippen LogP contribution in [0.2, 0.25) is 0 Å². The number of aryl methyl sites for hydroxylation is 1. The van der Waals surface area contributed by atoms with Crippen LogP contribution in [0.3, 0.4) is 0 Å². The van der Waals surface area contributed by atoms with Gasteiger partial charge in [0, 0.05) is 38.8 Å². The number of nitrogens with one attached hydrogen (secondary N) is 2. The number of benzene rings is 1. The van der Waals surface area contributed by atoms with E-state index in [1.807, 2.05) is 0 Å². The van der Waals surface area contributed by atoms with Crippen LogP contribution in [0.25, 0.3) is 22.4 Å². The molecular weight excluding hydrogens is 477 g/mol. The number of furan rings is 1. The van der Waals surface area contributed by atoms with Crippen molar-refractivity contribution in [3.05, 3.63) is 47.3 Å². The van der Waals surface area contributed by atoms with Gasteiger partial charge in [0.2, 0.25) is 15.7 Å². The molecule has 12 heteroatoms. The van der Waals surface area contributed by atoms with Gasteiger partial charge in [-0.1, -0.05) is 0 Å². The van der Waals surface area contributed by atoms with E-state index < -0.39 is 21.7 Å². The average molecular weight is 504 g/mol. The van der Waals surface area contributed by atoms with Crippen molar-refractivity contribution >= 4 is 38.9 Å². The summed E-state index contributed by atoms with van der Waals surface area (Å²) in [4.78, 5) is 30.6. The van der Waals surface area contributed by atoms with Crippen molar-refractivity contribution in [1.29, 1.82) is 0 Å². The molecule has 35 heavy (non-hydrogen) atoms. The number of rotatable bonds is 8. The lowest BCUT2D eigenvalue weighted by atomic mass is 10.0. The zero-order valence-corrected chi connectivity index (χ0v) is 20.4. The molecule has 1 aromatic carbocycles. The molecule has 0 spiro atoms. The summed E-state index contributed by atoms with van der Waals surface area (Å²) in [6, 6.07) is 6.98. The Hall–Kier alpha value is -3.67. The maximum Gasteiger partial charge on any atom is 0.317 e. The summed E-state index contributed by atoms with van der Waals surface area (Å²) in [7, 11) is -2.23. The van der Waals surface area contributed by atoms with E-state index in [9.17, 15) is 22.4 Å². The fourth-order valence-corrected chi connectivity index (χ4v) is 5.04. The number of carbonyl (C=O) groups excluding carboxylic acids is 2. The van der Waals surface area contributed by atoms with Crippen molar-refractivity contribution in [2.75, 3.05) is 43.8 Å². The minimum Gasteiger partial charge on any atom is -0.437 e. The summed E-state index contributed by atoms with van der Waals surface area (Å²) in [5.41, 5.74) is 1.31. The highest BCUT2D eigenvalue weighted by Crippen LogP contribution is 2.36. The van der Waals surface area contributed by atoms with Crippen LogP contribution in [-0.4, -0.2) is 69.7 Å². The molecule has 10 nitrogen and oxygen atoms in total. The summed E-state index contributed by atoms with van der Waals surface area (Å²) in [6.45, 7) is 3.34. The van der Waals surface area contributed by atoms with E-state index in [1.54, 1.807) is 17.9 Å². The van der Waals surface area contributed by atoms with Crippen LogP contribution < -0.4 is 14.9 Å². The molecule has 2 aromatic heterocycles. The molecule has 3 heterocycles. The lowest BCUT2D eigenvalue weighted by Gasteiger charge is -2.24. The van der Waals surface area contributed by atoms with E-state index >= 15 is 0 Å². The first-order valence-corrected chi connectivity index (χ1v) is 12.9. The third-order valence-corrected chi connectivity index (χ3v) is 6.93. The minimum atomic E-state index is -3.71. The van der Waals surface area contributed by atoms with Gasteiger partial charge in [-0.05, 0) is 49.2 Å². The number of amides is 3. The highest BCUT2D eigenvalue weighted by Gasteiger charge is 2.27. The van der Waals surface area contributed by atoms with E-state index in [4.69, 9.17) is 4.42 Å². The molecule has 1 aliphatic heterocycles. The fourth-order valence-electron chi connectivity index (χ4n) is 4.08. The van der Waals surface area contributed by atoms with Crippen molar-refractivity contribution in [2.45, 2.75) is 13.3 Å². The van der Waals surface area contributed by atoms with Gasteiger partial charge in [-0.2, -0.15) is 4.98 Å². The number of hydrogen-bond donors (Lipinski definition) is 2. The molecule has 0 unspecified atom stereocenters. The lowest BCUT2D eigenvalue weighted by Crippen LogP contribution is -2.35. The molecule has 3 aromatic rings. The third-order valence-electron chi connectivity index (χ3n) is 5.78. The summed E-state index contributed by atoms with van der Waals surface area (Å²) in [6.07, 6.45) is 1.49. The van der Waals surface area contributed by atoms with Gasteiger partial charge in [-0.3, -0.25) is 9.10 Å². The Morgan fingerprint density at radius 2 is 2.03 bits per heavy atom. The summed E-state index contributed by atoms with van der Waals surface area (Å²) < 4.78 is 45.9. The zero-order chi connectivity index (χ0) is 25.3. The normalized spacial score (nSPS) is 13.8. The monoisotopic (exact) mass is 503 g/mol. The van der Waals surface area contributed by atoms with Gasteiger partial charge in [0.15, 0.2) is 0 Å². The first-order chi connectivity index (χ1) is 16.6. The molecule has 0 bridgehead atoms. The van der Waals surface area contributed by atoms with Crippen LogP contribution >= 0.6 is 0 Å². The summed E-state index contributed by atoms with van der Waals surface area (Å²) in [5.74, 6) is -0.471. The third kappa shape index (κ3) is 4.92. The van der Waals surface area contributed by atoms with Crippen molar-refractivity contribution in [3.63, 3.8) is 0 Å². The number of fused-ring (bicyclic) bond motifs is 1. The number of hydrogen-bond acceptors (Lipinski definition) is 6. The number of carbonyl (C=O) groups is 2. The Balaban J connectivity index is 1.75. The van der Waals surface area contributed by atoms with Gasteiger partial charge in [0.1, 0.15) is 17.4 Å². The van der Waals surface area contributed by atoms with Gasteiger partial charge in [0.25, 0.3) is 5.91 Å². The molecule has 1 fully saturated rings. The molecule has 1 saturated heterocycles. The second-order valence-electron chi connectivity index (χ2n) is 8.28. The molecule has 4 rings (SSSR count). The second kappa shape index (κ2) is 9.53. The molecule has 186 valence electrons. The van der Waals surface area contributed by atoms with Crippen LogP contribution in [0, 0.1) is 12.7 Å². The predicted octanol–water partition coefficient (Wildman–Crippen LogP) is 2.48. The number of halogens is 1. The first kappa shape index (κ1) is 24.5. The average Bonchev–Trinajstić information content (AvgIpc) is 3.38. The largest absolute Gasteiger partial charge is 0.437 e. The Morgan fingerprint density at radius 1 is 1.31 bits per heavy atom. The van der Waals surface area contributed by atoms with Gasteiger partial charge >= 0.3 is 6.03 Å². The second-order valence-corrected chi connectivity index (χ2v) is 10.2. The van der Waals surface area contributed by atoms with Crippen molar-refractivity contribution in [1.82, 2.24) is 20.5 Å². The van der Waals surface area contributed by atoms with E-state index in [0.29, 0.717) is 42.6 Å². The number of nitrogens with zero attached hydrogens (tertiary/aromatic N) is 3. The maximum atomic E-state index is 13.5. The molecule has 0 atom stereocenters. The number of anilines is 1. The topological polar surface area (TPSA) is 125 Å². The Bertz CT molecular complexity index is 1390. The van der Waals surface area contributed by atoms with Crippen LogP contribution in [0.4, 0.5) is 15.0 Å². The predicted molar refractivity (Wildman–Crippen MR) is 129 cm³/mol. The fraction of sp³-hybridized carbons (Fsp3) is 0.348. The van der Waals surface area contributed by atoms with E-state index in [2.05, 4.69) is 15.6 Å². The van der Waals surface area contributed by atoms with Crippen molar-refractivity contribution in [2.24, 2.45) is 0 Å². The smallest absolute Gasteiger partial charge is 0.317 e. The molecule has 0 radical (unpaired) electrons. The summed E-state index contributed by atoms with van der Waals surface area (Å²) >= 11 is 0. The van der Waals surface area contributed by atoms with Gasteiger partial charge in [-0.15, -0.1) is 0 Å². The molecule has 1 aliphatic rings. The molecular formula is C23H26FN5O5S. The number of urea groups is 1. The highest BCUT2D eigenvalue weighted by molar-refractivity contribution is 7.92. The first-order valence-electron chi connectivity index (χ1n) is 11.0. The van der Waals surface area contributed by atoms with Crippen molar-refractivity contribution in [3.8, 4) is 11.3 Å². The quantitative estimate of drug-likeness (QED) is 0.487. The number of pyridine rings is 1. The maximum absolute atomic E-state index is 13.5. The Morgan fingerprint density at radius 3 is 2.63 bits per heavy atom. The van der Waals surface area contributed by atoms with Crippen LogP contribution in [0.1, 0.15) is 22.3 Å². The van der Waals surface area contributed by atoms with Gasteiger partial charge < -0.3 is 20.0 Å². The Kier molecular flexibility index (Phi) is 6.66. The molecule has 3 amide bonds. The Labute approximate surface area is 202 Å². The van der Waals surface area contributed by atoms with Crippen LogP contribution in [-0.2, 0) is 10.0 Å².